The minimum atomic E-state index is -5.10. The number of hydrogen-bond acceptors (Lipinski definition) is 2. The minimum Gasteiger partial charge on any atom is -0.506 e. The summed E-state index contributed by atoms with van der Waals surface area (Å²) in [6, 6.07) is -1.71. The van der Waals surface area contributed by atoms with Gasteiger partial charge < -0.3 is 10.8 Å². The van der Waals surface area contributed by atoms with E-state index < -0.39 is 35.3 Å². The van der Waals surface area contributed by atoms with Crippen molar-refractivity contribution < 1.29 is 31.4 Å². The maximum absolute atomic E-state index is 12.6. The number of alkyl halides is 6. The molecule has 0 radical (unpaired) electrons. The van der Waals surface area contributed by atoms with Crippen molar-refractivity contribution >= 4 is 28.3 Å². The maximum atomic E-state index is 12.6. The summed E-state index contributed by atoms with van der Waals surface area (Å²) in [5.41, 5.74) is 1.72. The molecule has 0 aliphatic heterocycles. The van der Waals surface area contributed by atoms with Gasteiger partial charge in [-0.1, -0.05) is 0 Å². The summed E-state index contributed by atoms with van der Waals surface area (Å²) in [6.07, 6.45) is -10.1. The van der Waals surface area contributed by atoms with Crippen LogP contribution in [0.25, 0.3) is 0 Å². The Balaban J connectivity index is 0.00000324. The molecule has 1 rings (SSSR count). The van der Waals surface area contributed by atoms with Crippen molar-refractivity contribution in [2.75, 3.05) is 0 Å². The van der Waals surface area contributed by atoms with Crippen molar-refractivity contribution in [3.05, 3.63) is 27.7 Å². The van der Waals surface area contributed by atoms with E-state index in [0.29, 0.717) is 6.07 Å². The number of benzene rings is 1. The van der Waals surface area contributed by atoms with E-state index in [4.69, 9.17) is 5.73 Å². The van der Waals surface area contributed by atoms with E-state index in [2.05, 4.69) is 15.9 Å². The van der Waals surface area contributed by atoms with Crippen molar-refractivity contribution in [2.24, 2.45) is 5.73 Å². The smallest absolute Gasteiger partial charge is 0.416 e. The molecule has 10 heteroatoms. The molecule has 110 valence electrons. The highest BCUT2D eigenvalue weighted by molar-refractivity contribution is 9.10. The molecule has 0 fully saturated rings. The van der Waals surface area contributed by atoms with Crippen LogP contribution in [-0.4, -0.2) is 11.3 Å². The predicted molar refractivity (Wildman–Crippen MR) is 61.0 cm³/mol. The molecule has 2 nitrogen and oxygen atoms in total. The van der Waals surface area contributed by atoms with Crippen molar-refractivity contribution in [3.63, 3.8) is 0 Å². The van der Waals surface area contributed by atoms with Crippen LogP contribution in [0, 0.1) is 0 Å². The third-order valence-electron chi connectivity index (χ3n) is 2.14. The summed E-state index contributed by atoms with van der Waals surface area (Å²) >= 11 is 2.64. The molecule has 19 heavy (non-hydrogen) atoms. The second-order valence-electron chi connectivity index (χ2n) is 3.37. The van der Waals surface area contributed by atoms with Gasteiger partial charge in [0.2, 0.25) is 0 Å². The maximum Gasteiger partial charge on any atom is 0.416 e. The Hall–Kier alpha value is -0.670. The van der Waals surface area contributed by atoms with Crippen LogP contribution in [0.1, 0.15) is 17.2 Å². The molecule has 0 aliphatic carbocycles. The fraction of sp³-hybridized carbons (Fsp3) is 0.333. The first-order valence-electron chi connectivity index (χ1n) is 4.37. The Morgan fingerprint density at radius 2 is 1.58 bits per heavy atom. The minimum absolute atomic E-state index is 0. The zero-order valence-electron chi connectivity index (χ0n) is 8.81. The number of nitrogens with two attached hydrogens (primary N) is 1. The van der Waals surface area contributed by atoms with Crippen LogP contribution in [-0.2, 0) is 6.18 Å². The van der Waals surface area contributed by atoms with Crippen LogP contribution in [0.2, 0.25) is 0 Å². The predicted octanol–water partition coefficient (Wildman–Crippen LogP) is 4.16. The van der Waals surface area contributed by atoms with Crippen LogP contribution in [0.5, 0.6) is 5.75 Å². The van der Waals surface area contributed by atoms with Crippen molar-refractivity contribution in [2.45, 2.75) is 18.4 Å². The Bertz CT molecular complexity index is 461. The lowest BCUT2D eigenvalue weighted by Gasteiger charge is -2.22. The second-order valence-corrected chi connectivity index (χ2v) is 4.23. The molecule has 1 atom stereocenters. The normalized spacial score (nSPS) is 13.9. The Kier molecular flexibility index (Phi) is 5.56. The number of phenolic OH excluding ortho intramolecular Hbond substituents is 1. The lowest BCUT2D eigenvalue weighted by Crippen LogP contribution is -2.30. The number of phenols is 1. The Labute approximate surface area is 118 Å². The summed E-state index contributed by atoms with van der Waals surface area (Å²) in [4.78, 5) is 0. The molecule has 0 amide bonds. The van der Waals surface area contributed by atoms with Gasteiger partial charge in [-0.3, -0.25) is 0 Å². The fourth-order valence-electron chi connectivity index (χ4n) is 1.31. The fourth-order valence-corrected chi connectivity index (χ4v) is 1.65. The van der Waals surface area contributed by atoms with E-state index >= 15 is 0 Å². The molecule has 0 unspecified atom stereocenters. The molecule has 0 saturated carbocycles. The van der Waals surface area contributed by atoms with Gasteiger partial charge in [-0.05, 0) is 28.1 Å². The lowest BCUT2D eigenvalue weighted by atomic mass is 9.99. The Morgan fingerprint density at radius 1 is 1.11 bits per heavy atom. The van der Waals surface area contributed by atoms with Gasteiger partial charge in [0.15, 0.2) is 0 Å². The zero-order chi connectivity index (χ0) is 14.3. The van der Waals surface area contributed by atoms with Crippen LogP contribution in [0.15, 0.2) is 16.6 Å². The third-order valence-corrected chi connectivity index (χ3v) is 2.78. The molecular weight excluding hydrogens is 367 g/mol. The van der Waals surface area contributed by atoms with Crippen molar-refractivity contribution in [1.29, 1.82) is 0 Å². The van der Waals surface area contributed by atoms with Gasteiger partial charge >= 0.3 is 12.4 Å². The zero-order valence-corrected chi connectivity index (χ0v) is 11.2. The van der Waals surface area contributed by atoms with Gasteiger partial charge in [0, 0.05) is 5.56 Å². The third kappa shape index (κ3) is 3.90. The molecule has 0 aromatic heterocycles. The lowest BCUT2D eigenvalue weighted by molar-refractivity contribution is -0.156. The van der Waals surface area contributed by atoms with Crippen LogP contribution >= 0.6 is 28.3 Å². The SMILES string of the molecule is Cl.N[C@@H](c1c(C(F)(F)F)ccc(Br)c1O)C(F)(F)F. The first-order valence-corrected chi connectivity index (χ1v) is 5.16. The highest BCUT2D eigenvalue weighted by atomic mass is 79.9. The standard InChI is InChI=1S/C9H6BrF6NO.ClH/c10-4-2-1-3(8(11,12)13)5(6(4)18)7(17)9(14,15)16;/h1-2,7,18H,17H2;1H/t7-;/m0./s1. The van der Waals surface area contributed by atoms with Crippen LogP contribution in [0.3, 0.4) is 0 Å². The molecule has 0 spiro atoms. The molecule has 0 heterocycles. The van der Waals surface area contributed by atoms with E-state index in [1.54, 1.807) is 0 Å². The molecule has 0 bridgehead atoms. The molecule has 0 saturated heterocycles. The summed E-state index contributed by atoms with van der Waals surface area (Å²) in [5.74, 6) is -1.17. The van der Waals surface area contributed by atoms with E-state index in [-0.39, 0.29) is 16.9 Å². The summed E-state index contributed by atoms with van der Waals surface area (Å²) in [6.45, 7) is 0. The van der Waals surface area contributed by atoms with E-state index in [1.165, 1.54) is 0 Å². The van der Waals surface area contributed by atoms with Crippen molar-refractivity contribution in [3.8, 4) is 5.75 Å². The topological polar surface area (TPSA) is 46.2 Å². The van der Waals surface area contributed by atoms with Gasteiger partial charge in [0.25, 0.3) is 0 Å². The molecule has 3 N–H and O–H groups in total. The quantitative estimate of drug-likeness (QED) is 0.725. The van der Waals surface area contributed by atoms with Gasteiger partial charge in [-0.15, -0.1) is 12.4 Å². The summed E-state index contributed by atoms with van der Waals surface area (Å²) < 4.78 is 74.6. The van der Waals surface area contributed by atoms with Crippen molar-refractivity contribution in [1.82, 2.24) is 0 Å². The number of aromatic hydroxyl groups is 1. The van der Waals surface area contributed by atoms with E-state index in [0.717, 1.165) is 6.07 Å². The van der Waals surface area contributed by atoms with Gasteiger partial charge in [-0.2, -0.15) is 26.3 Å². The highest BCUT2D eigenvalue weighted by Gasteiger charge is 2.45. The van der Waals surface area contributed by atoms with Gasteiger partial charge in [-0.25, -0.2) is 0 Å². The van der Waals surface area contributed by atoms with E-state index in [9.17, 15) is 31.4 Å². The Morgan fingerprint density at radius 3 is 1.95 bits per heavy atom. The molecular formula is C9H7BrClF6NO. The first-order chi connectivity index (χ1) is 7.96. The monoisotopic (exact) mass is 373 g/mol. The average molecular weight is 375 g/mol. The largest absolute Gasteiger partial charge is 0.506 e. The van der Waals surface area contributed by atoms with E-state index in [1.807, 2.05) is 0 Å². The van der Waals surface area contributed by atoms with Crippen LogP contribution in [0.4, 0.5) is 26.3 Å². The summed E-state index contributed by atoms with van der Waals surface area (Å²) in [7, 11) is 0. The van der Waals surface area contributed by atoms with Gasteiger partial charge in [0.1, 0.15) is 11.8 Å². The number of hydrogen-bond donors (Lipinski definition) is 2. The first kappa shape index (κ1) is 18.3. The number of rotatable bonds is 1. The highest BCUT2D eigenvalue weighted by Crippen LogP contribution is 2.45. The number of halogens is 8. The average Bonchev–Trinajstić information content (AvgIpc) is 2.17. The summed E-state index contributed by atoms with van der Waals surface area (Å²) in [5, 5.41) is 9.35. The molecule has 0 aliphatic rings. The van der Waals surface area contributed by atoms with Gasteiger partial charge in [0.05, 0.1) is 10.0 Å². The second kappa shape index (κ2) is 5.76. The molecule has 1 aromatic rings. The van der Waals surface area contributed by atoms with Crippen LogP contribution < -0.4 is 5.73 Å². The molecule has 1 aromatic carbocycles.